The number of amides is 2. The van der Waals surface area contributed by atoms with Crippen LogP contribution < -0.4 is 11.1 Å². The minimum absolute atomic E-state index is 0.00335. The van der Waals surface area contributed by atoms with Gasteiger partial charge in [0.2, 0.25) is 11.8 Å². The summed E-state index contributed by atoms with van der Waals surface area (Å²) < 4.78 is 0. The molecule has 138 valence electrons. The van der Waals surface area contributed by atoms with E-state index in [0.717, 1.165) is 12.0 Å². The maximum Gasteiger partial charge on any atom is 0.245 e. The molecular weight excluding hydrogens is 314 g/mol. The van der Waals surface area contributed by atoms with Crippen molar-refractivity contribution in [2.24, 2.45) is 17.1 Å². The second kappa shape index (κ2) is 8.00. The number of hydrogen-bond donors (Lipinski definition) is 2. The average Bonchev–Trinajstić information content (AvgIpc) is 2.55. The molecule has 1 heterocycles. The van der Waals surface area contributed by atoms with Gasteiger partial charge in [0.15, 0.2) is 0 Å². The van der Waals surface area contributed by atoms with Crippen LogP contribution in [0, 0.1) is 11.3 Å². The second-order valence-electron chi connectivity index (χ2n) is 8.10. The van der Waals surface area contributed by atoms with Gasteiger partial charge < -0.3 is 16.0 Å². The van der Waals surface area contributed by atoms with Crippen molar-refractivity contribution in [3.63, 3.8) is 0 Å². The minimum Gasteiger partial charge on any atom is -0.344 e. The fourth-order valence-electron chi connectivity index (χ4n) is 3.28. The van der Waals surface area contributed by atoms with Crippen molar-refractivity contribution in [2.75, 3.05) is 13.1 Å². The standard InChI is InChI=1S/C20H31N3O2/c1-14(2)18(22-17(24)12-15-8-6-5-7-9-15)19(25)23-11-10-16(21)20(3,4)13-23/h5-9,14,16,18H,10-13,21H2,1-4H3,(H,22,24). The summed E-state index contributed by atoms with van der Waals surface area (Å²) in [5.74, 6) is -0.0893. The van der Waals surface area contributed by atoms with E-state index >= 15 is 0 Å². The van der Waals surface area contributed by atoms with Crippen molar-refractivity contribution < 1.29 is 9.59 Å². The van der Waals surface area contributed by atoms with E-state index in [0.29, 0.717) is 13.1 Å². The maximum absolute atomic E-state index is 13.0. The third-order valence-corrected chi connectivity index (χ3v) is 5.08. The molecule has 1 aromatic rings. The fourth-order valence-corrected chi connectivity index (χ4v) is 3.28. The van der Waals surface area contributed by atoms with Gasteiger partial charge in [-0.2, -0.15) is 0 Å². The van der Waals surface area contributed by atoms with Crippen LogP contribution in [0.4, 0.5) is 0 Å². The summed E-state index contributed by atoms with van der Waals surface area (Å²) in [6, 6.07) is 9.17. The molecule has 1 aliphatic heterocycles. The van der Waals surface area contributed by atoms with E-state index in [1.807, 2.05) is 49.1 Å². The Morgan fingerprint density at radius 1 is 1.28 bits per heavy atom. The Labute approximate surface area is 151 Å². The molecule has 0 radical (unpaired) electrons. The van der Waals surface area contributed by atoms with E-state index < -0.39 is 6.04 Å². The Morgan fingerprint density at radius 3 is 2.48 bits per heavy atom. The highest BCUT2D eigenvalue weighted by Crippen LogP contribution is 2.28. The van der Waals surface area contributed by atoms with Gasteiger partial charge in [0, 0.05) is 19.1 Å². The van der Waals surface area contributed by atoms with Crippen LogP contribution in [0.25, 0.3) is 0 Å². The van der Waals surface area contributed by atoms with Crippen molar-refractivity contribution in [1.29, 1.82) is 0 Å². The second-order valence-corrected chi connectivity index (χ2v) is 8.10. The third-order valence-electron chi connectivity index (χ3n) is 5.08. The molecular formula is C20H31N3O2. The lowest BCUT2D eigenvalue weighted by Gasteiger charge is -2.44. The zero-order valence-corrected chi connectivity index (χ0v) is 15.8. The van der Waals surface area contributed by atoms with Gasteiger partial charge >= 0.3 is 0 Å². The van der Waals surface area contributed by atoms with E-state index in [2.05, 4.69) is 19.2 Å². The van der Waals surface area contributed by atoms with Crippen molar-refractivity contribution >= 4 is 11.8 Å². The van der Waals surface area contributed by atoms with Crippen molar-refractivity contribution in [2.45, 2.75) is 52.6 Å². The normalized spacial score (nSPS) is 21.0. The number of benzene rings is 1. The van der Waals surface area contributed by atoms with Crippen LogP contribution in [0.15, 0.2) is 30.3 Å². The monoisotopic (exact) mass is 345 g/mol. The molecule has 1 aliphatic rings. The molecule has 25 heavy (non-hydrogen) atoms. The number of carbonyl (C=O) groups excluding carboxylic acids is 2. The largest absolute Gasteiger partial charge is 0.344 e. The number of nitrogens with one attached hydrogen (secondary N) is 1. The van der Waals surface area contributed by atoms with E-state index in [1.165, 1.54) is 0 Å². The van der Waals surface area contributed by atoms with E-state index in [9.17, 15) is 9.59 Å². The lowest BCUT2D eigenvalue weighted by atomic mass is 9.79. The average molecular weight is 345 g/mol. The summed E-state index contributed by atoms with van der Waals surface area (Å²) >= 11 is 0. The minimum atomic E-state index is -0.499. The number of piperidine rings is 1. The highest BCUT2D eigenvalue weighted by Gasteiger charge is 2.38. The molecule has 2 atom stereocenters. The number of likely N-dealkylation sites (tertiary alicyclic amines) is 1. The molecule has 0 spiro atoms. The highest BCUT2D eigenvalue weighted by molar-refractivity contribution is 5.88. The summed E-state index contributed by atoms with van der Waals surface area (Å²) in [6.45, 7) is 9.40. The Hall–Kier alpha value is -1.88. The Kier molecular flexibility index (Phi) is 6.22. The SMILES string of the molecule is CC(C)C(NC(=O)Cc1ccccc1)C(=O)N1CCC(N)C(C)(C)C1. The van der Waals surface area contributed by atoms with Gasteiger partial charge in [-0.1, -0.05) is 58.0 Å². The highest BCUT2D eigenvalue weighted by atomic mass is 16.2. The molecule has 5 heteroatoms. The number of carbonyl (C=O) groups is 2. The Morgan fingerprint density at radius 2 is 1.92 bits per heavy atom. The predicted octanol–water partition coefficient (Wildman–Crippen LogP) is 1.96. The summed E-state index contributed by atoms with van der Waals surface area (Å²) in [7, 11) is 0. The van der Waals surface area contributed by atoms with E-state index in [4.69, 9.17) is 5.73 Å². The van der Waals surface area contributed by atoms with Gasteiger partial charge in [0.05, 0.1) is 6.42 Å². The first-order valence-corrected chi connectivity index (χ1v) is 9.08. The predicted molar refractivity (Wildman–Crippen MR) is 99.9 cm³/mol. The molecule has 1 aromatic carbocycles. The van der Waals surface area contributed by atoms with Crippen molar-refractivity contribution in [3.05, 3.63) is 35.9 Å². The topological polar surface area (TPSA) is 75.4 Å². The van der Waals surface area contributed by atoms with Crippen LogP contribution in [0.1, 0.15) is 39.7 Å². The molecule has 1 fully saturated rings. The van der Waals surface area contributed by atoms with Crippen LogP contribution in [-0.4, -0.2) is 41.9 Å². The van der Waals surface area contributed by atoms with Gasteiger partial charge in [0.25, 0.3) is 0 Å². The van der Waals surface area contributed by atoms with Crippen molar-refractivity contribution in [3.8, 4) is 0 Å². The van der Waals surface area contributed by atoms with Crippen LogP contribution in [-0.2, 0) is 16.0 Å². The van der Waals surface area contributed by atoms with Gasteiger partial charge in [-0.25, -0.2) is 0 Å². The Balaban J connectivity index is 2.02. The Bertz CT molecular complexity index is 598. The lowest BCUT2D eigenvalue weighted by molar-refractivity contribution is -0.140. The van der Waals surface area contributed by atoms with Crippen LogP contribution >= 0.6 is 0 Å². The molecule has 0 aromatic heterocycles. The first-order chi connectivity index (χ1) is 11.7. The van der Waals surface area contributed by atoms with Crippen molar-refractivity contribution in [1.82, 2.24) is 10.2 Å². The number of nitrogens with two attached hydrogens (primary N) is 1. The molecule has 0 aliphatic carbocycles. The third kappa shape index (κ3) is 5.05. The summed E-state index contributed by atoms with van der Waals surface area (Å²) in [5, 5.41) is 2.94. The molecule has 2 unspecified atom stereocenters. The fraction of sp³-hybridized carbons (Fsp3) is 0.600. The summed E-state index contributed by atoms with van der Waals surface area (Å²) in [6.07, 6.45) is 1.08. The van der Waals surface area contributed by atoms with Gasteiger partial charge in [-0.15, -0.1) is 0 Å². The summed E-state index contributed by atoms with van der Waals surface area (Å²) in [5.41, 5.74) is 7.01. The number of hydrogen-bond acceptors (Lipinski definition) is 3. The quantitative estimate of drug-likeness (QED) is 0.856. The molecule has 0 saturated carbocycles. The van der Waals surface area contributed by atoms with Crippen LogP contribution in [0.3, 0.4) is 0 Å². The molecule has 3 N–H and O–H groups in total. The first kappa shape index (κ1) is 19.4. The van der Waals surface area contributed by atoms with Gasteiger partial charge in [-0.3, -0.25) is 9.59 Å². The molecule has 5 nitrogen and oxygen atoms in total. The van der Waals surface area contributed by atoms with Crippen LogP contribution in [0.5, 0.6) is 0 Å². The van der Waals surface area contributed by atoms with E-state index in [1.54, 1.807) is 0 Å². The lowest BCUT2D eigenvalue weighted by Crippen LogP contribution is -2.59. The number of rotatable bonds is 5. The van der Waals surface area contributed by atoms with Gasteiger partial charge in [-0.05, 0) is 23.3 Å². The zero-order valence-electron chi connectivity index (χ0n) is 15.8. The van der Waals surface area contributed by atoms with Gasteiger partial charge in [0.1, 0.15) is 6.04 Å². The number of nitrogens with zero attached hydrogens (tertiary/aromatic N) is 1. The molecule has 0 bridgehead atoms. The maximum atomic E-state index is 13.0. The smallest absolute Gasteiger partial charge is 0.245 e. The van der Waals surface area contributed by atoms with E-state index in [-0.39, 0.29) is 35.6 Å². The first-order valence-electron chi connectivity index (χ1n) is 9.08. The molecule has 2 rings (SSSR count). The molecule has 2 amide bonds. The summed E-state index contributed by atoms with van der Waals surface area (Å²) in [4.78, 5) is 27.2. The zero-order chi connectivity index (χ0) is 18.6. The molecule has 1 saturated heterocycles. The van der Waals surface area contributed by atoms with Crippen LogP contribution in [0.2, 0.25) is 0 Å².